The second kappa shape index (κ2) is 7.02. The van der Waals surface area contributed by atoms with Crippen LogP contribution in [-0.2, 0) is 11.3 Å². The van der Waals surface area contributed by atoms with E-state index in [1.165, 1.54) is 12.0 Å². The van der Waals surface area contributed by atoms with Crippen molar-refractivity contribution in [2.75, 3.05) is 7.11 Å². The smallest absolute Gasteiger partial charge is 0.337 e. The van der Waals surface area contributed by atoms with E-state index in [1.54, 1.807) is 23.5 Å². The number of ether oxygens (including phenoxy) is 1. The number of carbonyl (C=O) groups excluding carboxylic acids is 1. The molecular formula is C15H16BrNO2S. The molecule has 0 aliphatic carbocycles. The van der Waals surface area contributed by atoms with Gasteiger partial charge in [0.2, 0.25) is 0 Å². The molecule has 0 saturated carbocycles. The van der Waals surface area contributed by atoms with Crippen LogP contribution in [0.15, 0.2) is 40.2 Å². The molecule has 0 spiro atoms. The molecule has 106 valence electrons. The maximum absolute atomic E-state index is 11.4. The first-order chi connectivity index (χ1) is 9.61. The second-order valence-corrected chi connectivity index (χ2v) is 6.25. The minimum Gasteiger partial charge on any atom is -0.465 e. The highest BCUT2D eigenvalue weighted by Crippen LogP contribution is 2.22. The molecule has 0 aliphatic rings. The fourth-order valence-corrected chi connectivity index (χ4v) is 3.11. The minimum absolute atomic E-state index is 0.308. The maximum atomic E-state index is 11.4. The third kappa shape index (κ3) is 3.69. The van der Waals surface area contributed by atoms with E-state index < -0.39 is 0 Å². The third-order valence-corrected chi connectivity index (χ3v) is 4.84. The molecule has 1 atom stereocenters. The van der Waals surface area contributed by atoms with Crippen molar-refractivity contribution in [1.29, 1.82) is 0 Å². The van der Waals surface area contributed by atoms with Crippen LogP contribution in [0, 0.1) is 0 Å². The topological polar surface area (TPSA) is 38.3 Å². The third-order valence-electron chi connectivity index (χ3n) is 3.04. The number of hydrogen-bond donors (Lipinski definition) is 1. The number of rotatable bonds is 5. The zero-order valence-electron chi connectivity index (χ0n) is 11.4. The quantitative estimate of drug-likeness (QED) is 0.820. The predicted octanol–water partition coefficient (Wildman–Crippen LogP) is 4.15. The molecule has 0 unspecified atom stereocenters. The van der Waals surface area contributed by atoms with E-state index in [0.717, 1.165) is 16.6 Å². The van der Waals surface area contributed by atoms with Gasteiger partial charge in [-0.15, -0.1) is 11.3 Å². The number of hydrogen-bond acceptors (Lipinski definition) is 4. The Balaban J connectivity index is 2.01. The monoisotopic (exact) mass is 353 g/mol. The van der Waals surface area contributed by atoms with Gasteiger partial charge in [0.15, 0.2) is 0 Å². The molecule has 3 nitrogen and oxygen atoms in total. The molecule has 1 N–H and O–H groups in total. The van der Waals surface area contributed by atoms with Gasteiger partial charge < -0.3 is 10.1 Å². The van der Waals surface area contributed by atoms with E-state index in [9.17, 15) is 4.79 Å². The lowest BCUT2D eigenvalue weighted by Gasteiger charge is -2.13. The summed E-state index contributed by atoms with van der Waals surface area (Å²) < 4.78 is 5.61. The molecule has 20 heavy (non-hydrogen) atoms. The molecule has 2 aromatic rings. The number of thiophene rings is 1. The van der Waals surface area contributed by atoms with Gasteiger partial charge in [0.05, 0.1) is 12.7 Å². The summed E-state index contributed by atoms with van der Waals surface area (Å²) in [6.45, 7) is 2.88. The largest absolute Gasteiger partial charge is 0.465 e. The Morgan fingerprint density at radius 3 is 2.85 bits per heavy atom. The van der Waals surface area contributed by atoms with E-state index in [2.05, 4.69) is 45.7 Å². The van der Waals surface area contributed by atoms with Gasteiger partial charge in [-0.1, -0.05) is 28.1 Å². The summed E-state index contributed by atoms with van der Waals surface area (Å²) in [5, 5.41) is 5.55. The lowest BCUT2D eigenvalue weighted by atomic mass is 10.1. The zero-order valence-corrected chi connectivity index (χ0v) is 13.8. The zero-order chi connectivity index (χ0) is 14.5. The first-order valence-corrected chi connectivity index (χ1v) is 7.92. The normalized spacial score (nSPS) is 12.2. The lowest BCUT2D eigenvalue weighted by molar-refractivity contribution is 0.0600. The van der Waals surface area contributed by atoms with Crippen molar-refractivity contribution in [1.82, 2.24) is 5.32 Å². The van der Waals surface area contributed by atoms with Crippen LogP contribution < -0.4 is 5.32 Å². The fraction of sp³-hybridized carbons (Fsp3) is 0.267. The molecule has 0 saturated heterocycles. The van der Waals surface area contributed by atoms with Gasteiger partial charge in [-0.3, -0.25) is 0 Å². The van der Waals surface area contributed by atoms with Crippen LogP contribution in [0.5, 0.6) is 0 Å². The second-order valence-electron chi connectivity index (χ2n) is 4.42. The fourth-order valence-electron chi connectivity index (χ4n) is 1.84. The molecule has 1 heterocycles. The predicted molar refractivity (Wildman–Crippen MR) is 85.1 cm³/mol. The summed E-state index contributed by atoms with van der Waals surface area (Å²) >= 11 is 5.24. The van der Waals surface area contributed by atoms with Gasteiger partial charge in [0.25, 0.3) is 0 Å². The Hall–Kier alpha value is -1.17. The first-order valence-electron chi connectivity index (χ1n) is 6.25. The summed E-state index contributed by atoms with van der Waals surface area (Å²) in [5.74, 6) is -0.322. The van der Waals surface area contributed by atoms with Crippen LogP contribution in [0.3, 0.4) is 0 Å². The Labute approximate surface area is 131 Å². The van der Waals surface area contributed by atoms with E-state index in [4.69, 9.17) is 4.74 Å². The van der Waals surface area contributed by atoms with E-state index in [0.29, 0.717) is 11.6 Å². The molecule has 1 aromatic carbocycles. The van der Waals surface area contributed by atoms with E-state index >= 15 is 0 Å². The van der Waals surface area contributed by atoms with Crippen molar-refractivity contribution in [3.63, 3.8) is 0 Å². The van der Waals surface area contributed by atoms with Gasteiger partial charge in [-0.2, -0.15) is 0 Å². The molecule has 0 radical (unpaired) electrons. The molecule has 2 rings (SSSR count). The van der Waals surface area contributed by atoms with E-state index in [-0.39, 0.29) is 5.97 Å². The van der Waals surface area contributed by atoms with Crippen LogP contribution in [0.2, 0.25) is 0 Å². The number of halogens is 1. The Kier molecular flexibility index (Phi) is 5.34. The van der Waals surface area contributed by atoms with Gasteiger partial charge >= 0.3 is 5.97 Å². The molecule has 1 aromatic heterocycles. The van der Waals surface area contributed by atoms with Crippen molar-refractivity contribution in [2.24, 2.45) is 0 Å². The minimum atomic E-state index is -0.322. The highest BCUT2D eigenvalue weighted by Gasteiger charge is 2.10. The number of benzene rings is 1. The van der Waals surface area contributed by atoms with Crippen LogP contribution in [0.1, 0.15) is 33.8 Å². The summed E-state index contributed by atoms with van der Waals surface area (Å²) in [4.78, 5) is 12.8. The highest BCUT2D eigenvalue weighted by molar-refractivity contribution is 9.10. The van der Waals surface area contributed by atoms with Crippen LogP contribution in [0.4, 0.5) is 0 Å². The Morgan fingerprint density at radius 2 is 2.25 bits per heavy atom. The maximum Gasteiger partial charge on any atom is 0.337 e. The van der Waals surface area contributed by atoms with Crippen molar-refractivity contribution >= 4 is 33.2 Å². The van der Waals surface area contributed by atoms with Crippen LogP contribution in [0.25, 0.3) is 0 Å². The van der Waals surface area contributed by atoms with Crippen molar-refractivity contribution in [2.45, 2.75) is 19.5 Å². The molecule has 0 bridgehead atoms. The van der Waals surface area contributed by atoms with Crippen LogP contribution in [-0.4, -0.2) is 13.1 Å². The van der Waals surface area contributed by atoms with Gasteiger partial charge in [0, 0.05) is 21.9 Å². The van der Waals surface area contributed by atoms with Gasteiger partial charge in [-0.25, -0.2) is 4.79 Å². The summed E-state index contributed by atoms with van der Waals surface area (Å²) in [6.07, 6.45) is 0. The highest BCUT2D eigenvalue weighted by atomic mass is 79.9. The molecule has 5 heteroatoms. The summed E-state index contributed by atoms with van der Waals surface area (Å²) in [7, 11) is 1.38. The Bertz CT molecular complexity index is 584. The number of methoxy groups -OCH3 is 1. The lowest BCUT2D eigenvalue weighted by Crippen LogP contribution is -2.17. The summed E-state index contributed by atoms with van der Waals surface area (Å²) in [6, 6.07) is 9.99. The Morgan fingerprint density at radius 1 is 1.45 bits per heavy atom. The molecular weight excluding hydrogens is 338 g/mol. The number of carbonyl (C=O) groups is 1. The first kappa shape index (κ1) is 15.2. The van der Waals surface area contributed by atoms with Crippen molar-refractivity contribution in [3.8, 4) is 0 Å². The standard InChI is InChI=1S/C15H16BrNO2S/c1-10(14-4-3-7-20-14)17-9-12-6-5-11(8-13(12)16)15(18)19-2/h3-8,10,17H,9H2,1-2H3/t10-/m1/s1. The summed E-state index contributed by atoms with van der Waals surface area (Å²) in [5.41, 5.74) is 1.66. The van der Waals surface area contributed by atoms with Crippen molar-refractivity contribution < 1.29 is 9.53 Å². The molecule has 0 fully saturated rings. The van der Waals surface area contributed by atoms with Crippen LogP contribution >= 0.6 is 27.3 Å². The molecule has 0 aliphatic heterocycles. The average molecular weight is 354 g/mol. The molecule has 0 amide bonds. The SMILES string of the molecule is COC(=O)c1ccc(CN[C@H](C)c2cccs2)c(Br)c1. The number of nitrogens with one attached hydrogen (secondary N) is 1. The van der Waals surface area contributed by atoms with Crippen molar-refractivity contribution in [3.05, 3.63) is 56.2 Å². The average Bonchev–Trinajstić information content (AvgIpc) is 2.99. The van der Waals surface area contributed by atoms with Gasteiger partial charge in [0.1, 0.15) is 0 Å². The van der Waals surface area contributed by atoms with E-state index in [1.807, 2.05) is 6.07 Å². The number of esters is 1. The van der Waals surface area contributed by atoms with Gasteiger partial charge in [-0.05, 0) is 36.1 Å².